The fourth-order valence-corrected chi connectivity index (χ4v) is 2.54. The van der Waals surface area contributed by atoms with Gasteiger partial charge in [0.1, 0.15) is 5.52 Å². The molecule has 2 heterocycles. The molecule has 0 aliphatic carbocycles. The molecule has 0 bridgehead atoms. The largest absolute Gasteiger partial charge is 0.386 e. The average Bonchev–Trinajstić information content (AvgIpc) is 3.01. The normalized spacial score (nSPS) is 11.8. The van der Waals surface area contributed by atoms with Gasteiger partial charge < -0.3 is 15.8 Å². The van der Waals surface area contributed by atoms with E-state index >= 15 is 0 Å². The summed E-state index contributed by atoms with van der Waals surface area (Å²) in [5.74, 6) is -0.556. The predicted molar refractivity (Wildman–Crippen MR) is 97.5 cm³/mol. The topological polar surface area (TPSA) is 129 Å². The van der Waals surface area contributed by atoms with E-state index in [4.69, 9.17) is 5.73 Å². The number of nitrogens with zero attached hydrogens (tertiary/aromatic N) is 3. The molecule has 26 heavy (non-hydrogen) atoms. The van der Waals surface area contributed by atoms with Crippen LogP contribution in [0.25, 0.3) is 28.5 Å². The van der Waals surface area contributed by atoms with E-state index < -0.39 is 11.5 Å². The number of aromatic amines is 1. The number of carbonyl (C=O) groups is 1. The summed E-state index contributed by atoms with van der Waals surface area (Å²) in [6.07, 6.45) is 6.08. The fourth-order valence-electron chi connectivity index (χ4n) is 2.54. The molecule has 0 saturated carbocycles. The Balaban J connectivity index is 2.15. The van der Waals surface area contributed by atoms with Crippen molar-refractivity contribution in [2.75, 3.05) is 0 Å². The fraction of sp³-hybridized carbons (Fsp3) is 0.158. The molecule has 7 nitrogen and oxygen atoms in total. The number of primary amides is 1. The molecular weight excluding hydrogens is 330 g/mol. The molecule has 0 saturated heterocycles. The summed E-state index contributed by atoms with van der Waals surface area (Å²) in [5, 5.41) is 19.6. The number of carbonyl (C=O) groups excluding carboxylic acids is 1. The van der Waals surface area contributed by atoms with Crippen LogP contribution in [0, 0.1) is 11.3 Å². The average molecular weight is 347 g/mol. The lowest BCUT2D eigenvalue weighted by Gasteiger charge is -2.19. The first-order valence-corrected chi connectivity index (χ1v) is 7.88. The van der Waals surface area contributed by atoms with E-state index in [-0.39, 0.29) is 0 Å². The Bertz CT molecular complexity index is 1070. The van der Waals surface area contributed by atoms with E-state index in [1.165, 1.54) is 6.08 Å². The van der Waals surface area contributed by atoms with Crippen LogP contribution in [0.15, 0.2) is 36.7 Å². The summed E-state index contributed by atoms with van der Waals surface area (Å²) < 4.78 is 0. The van der Waals surface area contributed by atoms with E-state index in [1.54, 1.807) is 50.5 Å². The summed E-state index contributed by atoms with van der Waals surface area (Å²) in [6, 6.07) is 7.21. The minimum absolute atomic E-state index is 0.421. The van der Waals surface area contributed by atoms with Gasteiger partial charge in [-0.3, -0.25) is 4.79 Å². The summed E-state index contributed by atoms with van der Waals surface area (Å²) in [5.41, 5.74) is 8.10. The molecule has 3 aromatic rings. The van der Waals surface area contributed by atoms with E-state index in [0.29, 0.717) is 39.1 Å². The SMILES string of the molecule is CC(C)(O)c1cc(C#N)cc(-c2cnc3[nH]cc(/C=C/C(N)=O)c3n2)c1. The molecule has 1 amide bonds. The van der Waals surface area contributed by atoms with E-state index in [9.17, 15) is 15.2 Å². The third-order valence-electron chi connectivity index (χ3n) is 3.90. The van der Waals surface area contributed by atoms with Gasteiger partial charge in [-0.05, 0) is 43.7 Å². The van der Waals surface area contributed by atoms with Crippen molar-refractivity contribution in [2.45, 2.75) is 19.4 Å². The molecular formula is C19H17N5O2. The highest BCUT2D eigenvalue weighted by molar-refractivity contribution is 5.93. The van der Waals surface area contributed by atoms with Gasteiger partial charge in [0.15, 0.2) is 5.65 Å². The lowest BCUT2D eigenvalue weighted by molar-refractivity contribution is -0.113. The van der Waals surface area contributed by atoms with Gasteiger partial charge in [-0.15, -0.1) is 0 Å². The molecule has 0 fully saturated rings. The van der Waals surface area contributed by atoms with Crippen LogP contribution in [0.3, 0.4) is 0 Å². The number of hydrogen-bond donors (Lipinski definition) is 3. The van der Waals surface area contributed by atoms with Gasteiger partial charge in [0.25, 0.3) is 0 Å². The standard InChI is InChI=1S/C19H17N5O2/c1-19(2,26)14-6-11(8-20)5-13(7-14)15-10-23-18-17(24-15)12(9-22-18)3-4-16(21)25/h3-7,9-10,26H,1-2H3,(H2,21,25)(H,22,23)/b4-3+. The lowest BCUT2D eigenvalue weighted by Crippen LogP contribution is -2.15. The highest BCUT2D eigenvalue weighted by atomic mass is 16.3. The number of hydrogen-bond acceptors (Lipinski definition) is 5. The Morgan fingerprint density at radius 3 is 2.81 bits per heavy atom. The van der Waals surface area contributed by atoms with Crippen molar-refractivity contribution >= 4 is 23.1 Å². The molecule has 4 N–H and O–H groups in total. The second-order valence-corrected chi connectivity index (χ2v) is 6.40. The maximum absolute atomic E-state index is 11.0. The Morgan fingerprint density at radius 2 is 2.15 bits per heavy atom. The minimum Gasteiger partial charge on any atom is -0.386 e. The maximum atomic E-state index is 11.0. The number of benzene rings is 1. The van der Waals surface area contributed by atoms with Crippen molar-refractivity contribution in [3.05, 3.63) is 53.4 Å². The van der Waals surface area contributed by atoms with E-state index in [2.05, 4.69) is 21.0 Å². The second-order valence-electron chi connectivity index (χ2n) is 6.40. The number of fused-ring (bicyclic) bond motifs is 1. The molecule has 1 aromatic carbocycles. The molecule has 3 rings (SSSR count). The third kappa shape index (κ3) is 3.45. The molecule has 0 radical (unpaired) electrons. The minimum atomic E-state index is -1.09. The molecule has 7 heteroatoms. The summed E-state index contributed by atoms with van der Waals surface area (Å²) in [6.45, 7) is 3.31. The molecule has 130 valence electrons. The van der Waals surface area contributed by atoms with E-state index in [1.807, 2.05) is 0 Å². The van der Waals surface area contributed by atoms with Gasteiger partial charge >= 0.3 is 0 Å². The van der Waals surface area contributed by atoms with Gasteiger partial charge in [0.05, 0.1) is 29.1 Å². The van der Waals surface area contributed by atoms with E-state index in [0.717, 1.165) is 0 Å². The predicted octanol–water partition coefficient (Wildman–Crippen LogP) is 2.22. The maximum Gasteiger partial charge on any atom is 0.241 e. The summed E-state index contributed by atoms with van der Waals surface area (Å²) in [4.78, 5) is 22.9. The van der Waals surface area contributed by atoms with Gasteiger partial charge in [0, 0.05) is 23.4 Å². The Hall–Kier alpha value is -3.50. The Morgan fingerprint density at radius 1 is 1.38 bits per heavy atom. The van der Waals surface area contributed by atoms with Crippen LogP contribution in [0.2, 0.25) is 0 Å². The second kappa shape index (κ2) is 6.43. The van der Waals surface area contributed by atoms with Crippen LogP contribution in [-0.2, 0) is 10.4 Å². The molecule has 0 aliphatic rings. The Labute approximate surface area is 149 Å². The quantitative estimate of drug-likeness (QED) is 0.623. The zero-order valence-corrected chi connectivity index (χ0v) is 14.3. The summed E-state index contributed by atoms with van der Waals surface area (Å²) >= 11 is 0. The number of aliphatic hydroxyl groups is 1. The Kier molecular flexibility index (Phi) is 4.28. The van der Waals surface area contributed by atoms with Gasteiger partial charge in [-0.1, -0.05) is 0 Å². The van der Waals surface area contributed by atoms with Crippen LogP contribution < -0.4 is 5.73 Å². The number of nitriles is 1. The molecule has 2 aromatic heterocycles. The molecule has 0 unspecified atom stereocenters. The number of nitrogens with one attached hydrogen (secondary N) is 1. The van der Waals surface area contributed by atoms with Crippen LogP contribution in [0.5, 0.6) is 0 Å². The number of aromatic nitrogens is 3. The van der Waals surface area contributed by atoms with Crippen molar-refractivity contribution in [1.29, 1.82) is 5.26 Å². The van der Waals surface area contributed by atoms with Crippen LogP contribution in [0.1, 0.15) is 30.5 Å². The first kappa shape index (κ1) is 17.3. The van der Waals surface area contributed by atoms with Crippen molar-refractivity contribution in [3.8, 4) is 17.3 Å². The van der Waals surface area contributed by atoms with Crippen molar-refractivity contribution in [3.63, 3.8) is 0 Å². The first-order chi connectivity index (χ1) is 12.3. The lowest BCUT2D eigenvalue weighted by atomic mass is 9.93. The van der Waals surface area contributed by atoms with Gasteiger partial charge in [-0.25, -0.2) is 9.97 Å². The highest BCUT2D eigenvalue weighted by Crippen LogP contribution is 2.28. The van der Waals surface area contributed by atoms with Crippen molar-refractivity contribution in [2.24, 2.45) is 5.73 Å². The molecule has 0 spiro atoms. The number of rotatable bonds is 4. The van der Waals surface area contributed by atoms with Crippen molar-refractivity contribution in [1.82, 2.24) is 15.0 Å². The van der Waals surface area contributed by atoms with Gasteiger partial charge in [-0.2, -0.15) is 5.26 Å². The monoisotopic (exact) mass is 347 g/mol. The highest BCUT2D eigenvalue weighted by Gasteiger charge is 2.18. The van der Waals surface area contributed by atoms with Gasteiger partial charge in [0.2, 0.25) is 5.91 Å². The van der Waals surface area contributed by atoms with Crippen LogP contribution in [0.4, 0.5) is 0 Å². The first-order valence-electron chi connectivity index (χ1n) is 7.88. The van der Waals surface area contributed by atoms with Crippen LogP contribution >= 0.6 is 0 Å². The molecule has 0 aliphatic heterocycles. The zero-order valence-electron chi connectivity index (χ0n) is 14.3. The number of H-pyrrole nitrogens is 1. The zero-order chi connectivity index (χ0) is 18.9. The smallest absolute Gasteiger partial charge is 0.241 e. The summed E-state index contributed by atoms with van der Waals surface area (Å²) in [7, 11) is 0. The number of nitrogens with two attached hydrogens (primary N) is 1. The third-order valence-corrected chi connectivity index (χ3v) is 3.90. The van der Waals surface area contributed by atoms with Crippen LogP contribution in [-0.4, -0.2) is 26.0 Å². The number of amides is 1. The molecule has 0 atom stereocenters. The van der Waals surface area contributed by atoms with Crippen molar-refractivity contribution < 1.29 is 9.90 Å².